The summed E-state index contributed by atoms with van der Waals surface area (Å²) in [6, 6.07) is 11.2. The Morgan fingerprint density at radius 3 is 2.88 bits per heavy atom. The third kappa shape index (κ3) is 3.89. The van der Waals surface area contributed by atoms with E-state index in [0.29, 0.717) is 4.88 Å². The van der Waals surface area contributed by atoms with Gasteiger partial charge in [-0.15, -0.1) is 11.3 Å². The number of hydrogen-bond donors (Lipinski definition) is 2. The van der Waals surface area contributed by atoms with Crippen LogP contribution in [0.1, 0.15) is 21.3 Å². The van der Waals surface area contributed by atoms with E-state index in [2.05, 4.69) is 5.32 Å². The standard InChI is InChI=1S/C18H16FNO4S/c1-23-14-5-4-11(9-12(14)19)18(22)20-10-13(21)16-6-7-17(25-16)15-3-2-8-24-15/h2-9,13,21H,10H2,1H3,(H,20,22). The summed E-state index contributed by atoms with van der Waals surface area (Å²) in [6.07, 6.45) is 0.722. The molecule has 5 nitrogen and oxygen atoms in total. The normalized spacial score (nSPS) is 12.0. The summed E-state index contributed by atoms with van der Waals surface area (Å²) in [5.74, 6) is -0.290. The molecule has 130 valence electrons. The smallest absolute Gasteiger partial charge is 0.251 e. The van der Waals surface area contributed by atoms with Gasteiger partial charge in [0.25, 0.3) is 5.91 Å². The number of benzene rings is 1. The lowest BCUT2D eigenvalue weighted by atomic mass is 10.2. The van der Waals surface area contributed by atoms with Crippen molar-refractivity contribution in [1.29, 1.82) is 0 Å². The molecule has 1 aromatic carbocycles. The average molecular weight is 361 g/mol. The number of furan rings is 1. The van der Waals surface area contributed by atoms with Crippen molar-refractivity contribution in [2.75, 3.05) is 13.7 Å². The van der Waals surface area contributed by atoms with Gasteiger partial charge >= 0.3 is 0 Å². The van der Waals surface area contributed by atoms with Gasteiger partial charge in [0, 0.05) is 17.0 Å². The molecule has 2 aromatic heterocycles. The predicted octanol–water partition coefficient (Wildman–Crippen LogP) is 3.62. The predicted molar refractivity (Wildman–Crippen MR) is 92.3 cm³/mol. The molecule has 0 bridgehead atoms. The second-order valence-electron chi connectivity index (χ2n) is 5.25. The Morgan fingerprint density at radius 1 is 1.36 bits per heavy atom. The lowest BCUT2D eigenvalue weighted by Crippen LogP contribution is -2.28. The number of amides is 1. The van der Waals surface area contributed by atoms with E-state index in [0.717, 1.165) is 16.7 Å². The number of aliphatic hydroxyl groups is 1. The van der Waals surface area contributed by atoms with E-state index in [1.54, 1.807) is 18.4 Å². The SMILES string of the molecule is COc1ccc(C(=O)NCC(O)c2ccc(-c3ccco3)s2)cc1F. The maximum Gasteiger partial charge on any atom is 0.251 e. The molecule has 0 saturated heterocycles. The van der Waals surface area contributed by atoms with Crippen molar-refractivity contribution in [3.8, 4) is 16.4 Å². The van der Waals surface area contributed by atoms with Crippen LogP contribution in [-0.2, 0) is 0 Å². The number of nitrogens with one attached hydrogen (secondary N) is 1. The van der Waals surface area contributed by atoms with E-state index in [1.165, 1.54) is 30.6 Å². The molecule has 1 amide bonds. The van der Waals surface area contributed by atoms with Crippen LogP contribution >= 0.6 is 11.3 Å². The fraction of sp³-hybridized carbons (Fsp3) is 0.167. The highest BCUT2D eigenvalue weighted by molar-refractivity contribution is 7.15. The topological polar surface area (TPSA) is 71.7 Å². The van der Waals surface area contributed by atoms with Crippen LogP contribution in [-0.4, -0.2) is 24.7 Å². The van der Waals surface area contributed by atoms with Gasteiger partial charge in [-0.1, -0.05) is 0 Å². The molecule has 25 heavy (non-hydrogen) atoms. The molecule has 0 aliphatic rings. The fourth-order valence-corrected chi connectivity index (χ4v) is 3.24. The zero-order valence-corrected chi connectivity index (χ0v) is 14.2. The van der Waals surface area contributed by atoms with Crippen molar-refractivity contribution in [3.05, 3.63) is 65.0 Å². The molecule has 3 rings (SSSR count). The van der Waals surface area contributed by atoms with E-state index in [1.807, 2.05) is 12.1 Å². The van der Waals surface area contributed by atoms with Crippen molar-refractivity contribution in [2.45, 2.75) is 6.10 Å². The second kappa shape index (κ2) is 7.50. The first-order chi connectivity index (χ1) is 12.1. The molecular formula is C18H16FNO4S. The highest BCUT2D eigenvalue weighted by Crippen LogP contribution is 2.31. The van der Waals surface area contributed by atoms with Crippen molar-refractivity contribution in [2.24, 2.45) is 0 Å². The van der Waals surface area contributed by atoms with Gasteiger partial charge in [0.1, 0.15) is 11.9 Å². The lowest BCUT2D eigenvalue weighted by Gasteiger charge is -2.11. The number of methoxy groups -OCH3 is 1. The highest BCUT2D eigenvalue weighted by atomic mass is 32.1. The second-order valence-corrected chi connectivity index (χ2v) is 6.37. The Labute approximate surface area is 147 Å². The van der Waals surface area contributed by atoms with Gasteiger partial charge in [-0.05, 0) is 42.5 Å². The zero-order chi connectivity index (χ0) is 17.8. The Morgan fingerprint density at radius 2 is 2.20 bits per heavy atom. The number of thiophene rings is 1. The summed E-state index contributed by atoms with van der Waals surface area (Å²) in [5, 5.41) is 12.8. The van der Waals surface area contributed by atoms with Gasteiger partial charge in [0.15, 0.2) is 11.6 Å². The van der Waals surface area contributed by atoms with Crippen molar-refractivity contribution < 1.29 is 23.4 Å². The van der Waals surface area contributed by atoms with Gasteiger partial charge < -0.3 is 19.6 Å². The highest BCUT2D eigenvalue weighted by Gasteiger charge is 2.15. The van der Waals surface area contributed by atoms with E-state index in [4.69, 9.17) is 9.15 Å². The summed E-state index contributed by atoms with van der Waals surface area (Å²) in [5.41, 5.74) is 0.160. The average Bonchev–Trinajstić information content (AvgIpc) is 3.30. The third-order valence-electron chi connectivity index (χ3n) is 3.59. The summed E-state index contributed by atoms with van der Waals surface area (Å²) in [7, 11) is 1.35. The molecular weight excluding hydrogens is 345 g/mol. The van der Waals surface area contributed by atoms with Crippen molar-refractivity contribution in [3.63, 3.8) is 0 Å². The quantitative estimate of drug-likeness (QED) is 0.703. The molecule has 0 radical (unpaired) electrons. The van der Waals surface area contributed by atoms with Gasteiger partial charge in [-0.3, -0.25) is 4.79 Å². The molecule has 0 aliphatic carbocycles. The van der Waals surface area contributed by atoms with Crippen LogP contribution in [0.25, 0.3) is 10.6 Å². The van der Waals surface area contributed by atoms with Crippen LogP contribution in [0.2, 0.25) is 0 Å². The first-order valence-electron chi connectivity index (χ1n) is 7.52. The minimum atomic E-state index is -0.860. The van der Waals surface area contributed by atoms with E-state index >= 15 is 0 Å². The van der Waals surface area contributed by atoms with E-state index in [-0.39, 0.29) is 17.9 Å². The summed E-state index contributed by atoms with van der Waals surface area (Å²) < 4.78 is 23.8. The first-order valence-corrected chi connectivity index (χ1v) is 8.33. The molecule has 1 unspecified atom stereocenters. The zero-order valence-electron chi connectivity index (χ0n) is 13.4. The van der Waals surface area contributed by atoms with E-state index in [9.17, 15) is 14.3 Å². The molecule has 7 heteroatoms. The minimum absolute atomic E-state index is 0.0184. The Balaban J connectivity index is 1.61. The molecule has 3 aromatic rings. The Bertz CT molecular complexity index is 860. The Kier molecular flexibility index (Phi) is 5.16. The maximum atomic E-state index is 13.7. The summed E-state index contributed by atoms with van der Waals surface area (Å²) in [4.78, 5) is 13.7. The number of ether oxygens (including phenoxy) is 1. The summed E-state index contributed by atoms with van der Waals surface area (Å²) >= 11 is 1.38. The number of halogens is 1. The van der Waals surface area contributed by atoms with E-state index < -0.39 is 17.8 Å². The summed E-state index contributed by atoms with van der Waals surface area (Å²) in [6.45, 7) is 0.0184. The number of carbonyl (C=O) groups is 1. The molecule has 1 atom stereocenters. The van der Waals surface area contributed by atoms with Gasteiger partial charge in [0.2, 0.25) is 0 Å². The number of rotatable bonds is 6. The van der Waals surface area contributed by atoms with Gasteiger partial charge in [0.05, 0.1) is 18.3 Å². The molecule has 0 spiro atoms. The third-order valence-corrected chi connectivity index (χ3v) is 4.79. The largest absolute Gasteiger partial charge is 0.494 e. The van der Waals surface area contributed by atoms with Crippen LogP contribution in [0.5, 0.6) is 5.75 Å². The fourth-order valence-electron chi connectivity index (χ4n) is 2.28. The first kappa shape index (κ1) is 17.2. The van der Waals surface area contributed by atoms with Crippen LogP contribution in [0.4, 0.5) is 4.39 Å². The van der Waals surface area contributed by atoms with Crippen LogP contribution in [0, 0.1) is 5.82 Å². The van der Waals surface area contributed by atoms with Gasteiger partial charge in [-0.25, -0.2) is 4.39 Å². The Hall–Kier alpha value is -2.64. The molecule has 0 saturated carbocycles. The monoisotopic (exact) mass is 361 g/mol. The molecule has 2 heterocycles. The van der Waals surface area contributed by atoms with Crippen LogP contribution in [0.3, 0.4) is 0 Å². The number of aliphatic hydroxyl groups excluding tert-OH is 1. The molecule has 0 aliphatic heterocycles. The number of carbonyl (C=O) groups excluding carboxylic acids is 1. The van der Waals surface area contributed by atoms with Crippen molar-refractivity contribution >= 4 is 17.2 Å². The van der Waals surface area contributed by atoms with Crippen molar-refractivity contribution in [1.82, 2.24) is 5.32 Å². The minimum Gasteiger partial charge on any atom is -0.494 e. The number of hydrogen-bond acceptors (Lipinski definition) is 5. The molecule has 2 N–H and O–H groups in total. The maximum absolute atomic E-state index is 13.7. The van der Waals surface area contributed by atoms with Crippen LogP contribution in [0.15, 0.2) is 53.1 Å². The molecule has 0 fully saturated rings. The van der Waals surface area contributed by atoms with Crippen LogP contribution < -0.4 is 10.1 Å². The lowest BCUT2D eigenvalue weighted by molar-refractivity contribution is 0.0917. The van der Waals surface area contributed by atoms with Gasteiger partial charge in [-0.2, -0.15) is 0 Å².